The van der Waals surface area contributed by atoms with Gasteiger partial charge in [0.05, 0.1) is 31.8 Å². The summed E-state index contributed by atoms with van der Waals surface area (Å²) >= 11 is 0. The van der Waals surface area contributed by atoms with Gasteiger partial charge in [0.25, 0.3) is 0 Å². The summed E-state index contributed by atoms with van der Waals surface area (Å²) in [5.74, 6) is 1.61. The molecule has 38 heavy (non-hydrogen) atoms. The van der Waals surface area contributed by atoms with Crippen LogP contribution in [0.5, 0.6) is 11.5 Å². The van der Waals surface area contributed by atoms with E-state index < -0.39 is 0 Å². The van der Waals surface area contributed by atoms with E-state index in [1.807, 2.05) is 24.0 Å². The van der Waals surface area contributed by atoms with Gasteiger partial charge in [0, 0.05) is 55.1 Å². The Kier molecular flexibility index (Phi) is 6.21. The third-order valence-corrected chi connectivity index (χ3v) is 7.31. The van der Waals surface area contributed by atoms with Crippen molar-refractivity contribution in [3.05, 3.63) is 66.7 Å². The number of ether oxygens (including phenoxy) is 2. The number of nitrogens with one attached hydrogen (secondary N) is 1. The third-order valence-electron chi connectivity index (χ3n) is 7.31. The van der Waals surface area contributed by atoms with Gasteiger partial charge in [-0.25, -0.2) is 9.67 Å². The average molecular weight is 510 g/mol. The van der Waals surface area contributed by atoms with Crippen molar-refractivity contribution >= 4 is 16.7 Å². The minimum Gasteiger partial charge on any atom is -0.494 e. The Morgan fingerprint density at radius 3 is 2.18 bits per heavy atom. The van der Waals surface area contributed by atoms with Crippen molar-refractivity contribution in [3.8, 4) is 39.4 Å². The van der Waals surface area contributed by atoms with E-state index in [1.165, 1.54) is 0 Å². The van der Waals surface area contributed by atoms with E-state index in [4.69, 9.17) is 14.5 Å². The van der Waals surface area contributed by atoms with Gasteiger partial charge in [-0.1, -0.05) is 17.3 Å². The number of aromatic amines is 1. The maximum Gasteiger partial charge on any atom is 0.146 e. The molecule has 1 saturated heterocycles. The smallest absolute Gasteiger partial charge is 0.146 e. The largest absolute Gasteiger partial charge is 0.494 e. The van der Waals surface area contributed by atoms with E-state index in [2.05, 4.69) is 74.6 Å². The molecule has 0 spiro atoms. The summed E-state index contributed by atoms with van der Waals surface area (Å²) < 4.78 is 13.6. The summed E-state index contributed by atoms with van der Waals surface area (Å²) in [5.41, 5.74) is 7.98. The third kappa shape index (κ3) is 4.24. The number of pyridine rings is 1. The number of aryl methyl sites for hydroxylation is 1. The van der Waals surface area contributed by atoms with E-state index in [0.717, 1.165) is 88.0 Å². The van der Waals surface area contributed by atoms with Crippen molar-refractivity contribution in [3.63, 3.8) is 0 Å². The molecule has 0 amide bonds. The van der Waals surface area contributed by atoms with E-state index in [1.54, 1.807) is 20.4 Å². The highest BCUT2D eigenvalue weighted by Gasteiger charge is 2.23. The molecule has 0 unspecified atom stereocenters. The van der Waals surface area contributed by atoms with Crippen molar-refractivity contribution in [2.75, 3.05) is 52.3 Å². The Labute approximate surface area is 221 Å². The number of H-pyrrole nitrogens is 1. The lowest BCUT2D eigenvalue weighted by Crippen LogP contribution is -2.44. The molecule has 0 saturated carbocycles. The minimum absolute atomic E-state index is 0.803. The van der Waals surface area contributed by atoms with Gasteiger partial charge < -0.3 is 24.3 Å². The molecule has 0 radical (unpaired) electrons. The van der Waals surface area contributed by atoms with Gasteiger partial charge in [-0.3, -0.25) is 0 Å². The zero-order valence-electron chi connectivity index (χ0n) is 22.1. The Morgan fingerprint density at radius 1 is 0.842 bits per heavy atom. The number of anilines is 1. The van der Waals surface area contributed by atoms with Crippen molar-refractivity contribution in [1.82, 2.24) is 29.9 Å². The number of methoxy groups -OCH3 is 2. The number of nitrogens with zero attached hydrogens (tertiary/aromatic N) is 6. The number of fused-ring (bicyclic) bond motifs is 1. The van der Waals surface area contributed by atoms with Crippen molar-refractivity contribution in [2.24, 2.45) is 0 Å². The number of aromatic nitrogens is 5. The number of benzene rings is 2. The molecule has 1 aliphatic heterocycles. The Bertz CT molecular complexity index is 1560. The molecule has 5 aromatic rings. The normalized spacial score (nSPS) is 14.3. The number of likely N-dealkylation sites (N-methyl/N-ethyl adjacent to an activating group) is 1. The lowest BCUT2D eigenvalue weighted by Gasteiger charge is -2.35. The first kappa shape index (κ1) is 24.0. The summed E-state index contributed by atoms with van der Waals surface area (Å²) in [6.07, 6.45) is 5.65. The van der Waals surface area contributed by atoms with Crippen LogP contribution in [0.3, 0.4) is 0 Å². The van der Waals surface area contributed by atoms with Gasteiger partial charge in [-0.15, -0.1) is 5.10 Å². The van der Waals surface area contributed by atoms with Crippen LogP contribution in [0.2, 0.25) is 0 Å². The second-order valence-electron chi connectivity index (χ2n) is 9.68. The number of hydrogen-bond acceptors (Lipinski definition) is 7. The van der Waals surface area contributed by atoms with Gasteiger partial charge in [0.15, 0.2) is 0 Å². The standard InChI is InChI=1S/C29H31N7O2/c1-19-16-32-33-36(19)23-7-5-20(6-8-23)25-18-31-29-24(25)13-22(17-30-29)21-14-26(37-3)28(27(15-21)38-4)35-11-9-34(2)10-12-35/h5-8,13-18H,9-12H2,1-4H3,(H,30,31). The summed E-state index contributed by atoms with van der Waals surface area (Å²) in [6, 6.07) is 14.7. The van der Waals surface area contributed by atoms with Gasteiger partial charge in [-0.2, -0.15) is 0 Å². The molecule has 0 aliphatic carbocycles. The molecule has 4 heterocycles. The van der Waals surface area contributed by atoms with Crippen LogP contribution in [0, 0.1) is 6.92 Å². The second-order valence-corrected chi connectivity index (χ2v) is 9.68. The maximum atomic E-state index is 5.87. The predicted molar refractivity (Wildman–Crippen MR) is 149 cm³/mol. The van der Waals surface area contributed by atoms with Gasteiger partial charge in [0.1, 0.15) is 22.8 Å². The Hall–Kier alpha value is -4.37. The molecule has 9 heteroatoms. The molecular weight excluding hydrogens is 478 g/mol. The molecule has 1 N–H and O–H groups in total. The fraction of sp³-hybridized carbons (Fsp3) is 0.276. The summed E-state index contributed by atoms with van der Waals surface area (Å²) in [4.78, 5) is 12.7. The quantitative estimate of drug-likeness (QED) is 0.359. The molecule has 194 valence electrons. The zero-order chi connectivity index (χ0) is 26.2. The van der Waals surface area contributed by atoms with Gasteiger partial charge in [-0.05, 0) is 55.4 Å². The fourth-order valence-corrected chi connectivity index (χ4v) is 5.13. The van der Waals surface area contributed by atoms with Crippen molar-refractivity contribution in [2.45, 2.75) is 6.92 Å². The van der Waals surface area contributed by atoms with Crippen LogP contribution >= 0.6 is 0 Å². The second kappa shape index (κ2) is 9.83. The van der Waals surface area contributed by atoms with E-state index in [9.17, 15) is 0 Å². The summed E-state index contributed by atoms with van der Waals surface area (Å²) in [7, 11) is 5.59. The molecule has 9 nitrogen and oxygen atoms in total. The number of piperazine rings is 1. The van der Waals surface area contributed by atoms with Gasteiger partial charge >= 0.3 is 0 Å². The maximum absolute atomic E-state index is 5.87. The molecule has 1 fully saturated rings. The monoisotopic (exact) mass is 509 g/mol. The highest BCUT2D eigenvalue weighted by Crippen LogP contribution is 2.43. The first-order valence-electron chi connectivity index (χ1n) is 12.7. The SMILES string of the molecule is COc1cc(-c2cnc3[nH]cc(-c4ccc(-n5nncc5C)cc4)c3c2)cc(OC)c1N1CCN(C)CC1. The van der Waals surface area contributed by atoms with Crippen LogP contribution in [0.15, 0.2) is 61.1 Å². The highest BCUT2D eigenvalue weighted by molar-refractivity contribution is 5.96. The Balaban J connectivity index is 1.37. The number of rotatable bonds is 6. The number of hydrogen-bond donors (Lipinski definition) is 1. The molecule has 3 aromatic heterocycles. The summed E-state index contributed by atoms with van der Waals surface area (Å²) in [6.45, 7) is 5.85. The minimum atomic E-state index is 0.803. The van der Waals surface area contributed by atoms with Crippen molar-refractivity contribution < 1.29 is 9.47 Å². The predicted octanol–water partition coefficient (Wildman–Crippen LogP) is 4.56. The van der Waals surface area contributed by atoms with E-state index in [-0.39, 0.29) is 0 Å². The van der Waals surface area contributed by atoms with E-state index >= 15 is 0 Å². The molecule has 1 aliphatic rings. The molecule has 0 bridgehead atoms. The van der Waals surface area contributed by atoms with Crippen molar-refractivity contribution in [1.29, 1.82) is 0 Å². The van der Waals surface area contributed by atoms with Crippen LogP contribution in [-0.4, -0.2) is 77.3 Å². The average Bonchev–Trinajstić information content (AvgIpc) is 3.58. The van der Waals surface area contributed by atoms with Crippen LogP contribution in [0.4, 0.5) is 5.69 Å². The Morgan fingerprint density at radius 2 is 1.55 bits per heavy atom. The van der Waals surface area contributed by atoms with Gasteiger partial charge in [0.2, 0.25) is 0 Å². The lowest BCUT2D eigenvalue weighted by atomic mass is 10.0. The van der Waals surface area contributed by atoms with Crippen LogP contribution in [0.1, 0.15) is 5.69 Å². The molecule has 6 rings (SSSR count). The lowest BCUT2D eigenvalue weighted by molar-refractivity contribution is 0.308. The van der Waals surface area contributed by atoms with Crippen LogP contribution < -0.4 is 14.4 Å². The first-order valence-corrected chi connectivity index (χ1v) is 12.7. The topological polar surface area (TPSA) is 84.3 Å². The molecular formula is C29H31N7O2. The zero-order valence-corrected chi connectivity index (χ0v) is 22.1. The van der Waals surface area contributed by atoms with E-state index in [0.29, 0.717) is 0 Å². The van der Waals surface area contributed by atoms with Crippen LogP contribution in [-0.2, 0) is 0 Å². The summed E-state index contributed by atoms with van der Waals surface area (Å²) in [5, 5.41) is 9.20. The first-order chi connectivity index (χ1) is 18.6. The van der Waals surface area contributed by atoms with Crippen LogP contribution in [0.25, 0.3) is 39.0 Å². The molecule has 0 atom stereocenters. The fourth-order valence-electron chi connectivity index (χ4n) is 5.13. The highest BCUT2D eigenvalue weighted by atomic mass is 16.5. The molecule has 2 aromatic carbocycles.